The van der Waals surface area contributed by atoms with Crippen LogP contribution >= 0.6 is 11.6 Å². The summed E-state index contributed by atoms with van der Waals surface area (Å²) in [6, 6.07) is 6.01. The molecule has 0 atom stereocenters. The highest BCUT2D eigenvalue weighted by Gasteiger charge is 2.07. The van der Waals surface area contributed by atoms with Crippen molar-refractivity contribution < 1.29 is 0 Å². The molecule has 72 valence electrons. The third-order valence-corrected chi connectivity index (χ3v) is 2.25. The van der Waals surface area contributed by atoms with Gasteiger partial charge in [-0.25, -0.2) is 0 Å². The van der Waals surface area contributed by atoms with Crippen LogP contribution in [0.5, 0.6) is 0 Å². The van der Waals surface area contributed by atoms with Gasteiger partial charge in [0, 0.05) is 0 Å². The van der Waals surface area contributed by atoms with E-state index in [1.54, 1.807) is 0 Å². The van der Waals surface area contributed by atoms with Crippen molar-refractivity contribution in [3.63, 3.8) is 0 Å². The first-order valence-corrected chi connectivity index (χ1v) is 4.58. The van der Waals surface area contributed by atoms with Crippen LogP contribution in [0.15, 0.2) is 18.2 Å². The van der Waals surface area contributed by atoms with Gasteiger partial charge in [0.1, 0.15) is 0 Å². The van der Waals surface area contributed by atoms with E-state index in [0.717, 1.165) is 11.3 Å². The first kappa shape index (κ1) is 9.15. The number of hydrogen-bond acceptors (Lipinski definition) is 3. The van der Waals surface area contributed by atoms with Crippen LogP contribution in [-0.4, -0.2) is 20.2 Å². The minimum atomic E-state index is 0.275. The van der Waals surface area contributed by atoms with Gasteiger partial charge in [0.25, 0.3) is 0 Å². The van der Waals surface area contributed by atoms with E-state index in [0.29, 0.717) is 0 Å². The Balaban J connectivity index is 2.58. The summed E-state index contributed by atoms with van der Waals surface area (Å²) < 4.78 is 1.51. The fourth-order valence-electron chi connectivity index (χ4n) is 1.37. The summed E-state index contributed by atoms with van der Waals surface area (Å²) in [5, 5.41) is 11.2. The number of hydrogen-bond donors (Lipinski definition) is 0. The Morgan fingerprint density at radius 3 is 2.64 bits per heavy atom. The Labute approximate surface area is 86.5 Å². The molecule has 14 heavy (non-hydrogen) atoms. The lowest BCUT2D eigenvalue weighted by Gasteiger charge is -2.05. The van der Waals surface area contributed by atoms with Crippen LogP contribution in [0, 0.1) is 13.8 Å². The van der Waals surface area contributed by atoms with Gasteiger partial charge in [0.2, 0.25) is 5.28 Å². The van der Waals surface area contributed by atoms with Crippen molar-refractivity contribution in [3.8, 4) is 5.69 Å². The second-order valence-electron chi connectivity index (χ2n) is 3.15. The molecule has 0 aliphatic rings. The van der Waals surface area contributed by atoms with Gasteiger partial charge in [0.05, 0.1) is 5.69 Å². The lowest BCUT2D eigenvalue weighted by molar-refractivity contribution is 0.785. The van der Waals surface area contributed by atoms with Gasteiger partial charge < -0.3 is 0 Å². The molecule has 0 spiro atoms. The lowest BCUT2D eigenvalue weighted by atomic mass is 10.1. The molecule has 5 heteroatoms. The predicted molar refractivity (Wildman–Crippen MR) is 53.6 cm³/mol. The first-order chi connectivity index (χ1) is 6.68. The molecule has 0 amide bonds. The quantitative estimate of drug-likeness (QED) is 0.719. The van der Waals surface area contributed by atoms with Crippen LogP contribution in [0.2, 0.25) is 5.28 Å². The minimum absolute atomic E-state index is 0.275. The van der Waals surface area contributed by atoms with Gasteiger partial charge >= 0.3 is 0 Å². The maximum absolute atomic E-state index is 5.81. The largest absolute Gasteiger partial charge is 0.247 e. The minimum Gasteiger partial charge on any atom is -0.183 e. The van der Waals surface area contributed by atoms with Crippen molar-refractivity contribution in [2.75, 3.05) is 0 Å². The molecule has 2 aromatic rings. The summed E-state index contributed by atoms with van der Waals surface area (Å²) >= 11 is 5.81. The predicted octanol–water partition coefficient (Wildman–Crippen LogP) is 1.93. The number of tetrazole rings is 1. The molecule has 0 saturated heterocycles. The van der Waals surface area contributed by atoms with Crippen molar-refractivity contribution >= 4 is 11.6 Å². The van der Waals surface area contributed by atoms with Gasteiger partial charge in [-0.3, -0.25) is 0 Å². The third kappa shape index (κ3) is 1.48. The molecular weight excluding hydrogens is 200 g/mol. The van der Waals surface area contributed by atoms with E-state index in [4.69, 9.17) is 11.6 Å². The molecule has 1 aromatic carbocycles. The van der Waals surface area contributed by atoms with Crippen LogP contribution < -0.4 is 0 Å². The molecule has 0 fully saturated rings. The number of aryl methyl sites for hydroxylation is 2. The van der Waals surface area contributed by atoms with Gasteiger partial charge in [-0.15, -0.1) is 0 Å². The van der Waals surface area contributed by atoms with E-state index < -0.39 is 0 Å². The topological polar surface area (TPSA) is 43.6 Å². The fraction of sp³-hybridized carbons (Fsp3) is 0.222. The van der Waals surface area contributed by atoms with E-state index in [9.17, 15) is 0 Å². The average Bonchev–Trinajstić information content (AvgIpc) is 2.52. The fourth-order valence-corrected chi connectivity index (χ4v) is 1.53. The zero-order valence-electron chi connectivity index (χ0n) is 7.90. The molecule has 0 aliphatic heterocycles. The Morgan fingerprint density at radius 2 is 2.07 bits per heavy atom. The van der Waals surface area contributed by atoms with E-state index >= 15 is 0 Å². The molecule has 2 rings (SSSR count). The van der Waals surface area contributed by atoms with E-state index in [1.807, 2.05) is 26.0 Å². The van der Waals surface area contributed by atoms with E-state index in [1.165, 1.54) is 10.2 Å². The monoisotopic (exact) mass is 208 g/mol. The first-order valence-electron chi connectivity index (χ1n) is 4.20. The van der Waals surface area contributed by atoms with Crippen LogP contribution in [0.25, 0.3) is 5.69 Å². The van der Waals surface area contributed by atoms with Crippen LogP contribution in [0.3, 0.4) is 0 Å². The summed E-state index contributed by atoms with van der Waals surface area (Å²) in [6.45, 7) is 4.04. The Kier molecular flexibility index (Phi) is 2.21. The number of benzene rings is 1. The molecule has 0 N–H and O–H groups in total. The molecule has 0 aliphatic carbocycles. The molecule has 0 saturated carbocycles. The van der Waals surface area contributed by atoms with Gasteiger partial charge in [-0.1, -0.05) is 22.8 Å². The number of rotatable bonds is 1. The zero-order valence-corrected chi connectivity index (χ0v) is 8.65. The van der Waals surface area contributed by atoms with E-state index in [-0.39, 0.29) is 5.28 Å². The Hall–Kier alpha value is -1.42. The van der Waals surface area contributed by atoms with Crippen LogP contribution in [0.1, 0.15) is 11.1 Å². The maximum Gasteiger partial charge on any atom is 0.247 e. The maximum atomic E-state index is 5.81. The number of nitrogens with zero attached hydrogens (tertiary/aromatic N) is 4. The van der Waals surface area contributed by atoms with Crippen molar-refractivity contribution in [3.05, 3.63) is 34.6 Å². The molecule has 0 radical (unpaired) electrons. The summed E-state index contributed by atoms with van der Waals surface area (Å²) in [4.78, 5) is 0. The van der Waals surface area contributed by atoms with Crippen molar-refractivity contribution in [1.29, 1.82) is 0 Å². The molecule has 0 unspecified atom stereocenters. The van der Waals surface area contributed by atoms with Gasteiger partial charge in [-0.2, -0.15) is 4.68 Å². The average molecular weight is 209 g/mol. The standard InChI is InChI=1S/C9H9ClN4/c1-6-3-4-8(7(2)5-6)14-9(10)11-12-13-14/h3-5H,1-2H3. The van der Waals surface area contributed by atoms with Crippen molar-refractivity contribution in [2.45, 2.75) is 13.8 Å². The normalized spacial score (nSPS) is 10.5. The van der Waals surface area contributed by atoms with Crippen LogP contribution in [-0.2, 0) is 0 Å². The summed E-state index contributed by atoms with van der Waals surface area (Å²) in [7, 11) is 0. The highest BCUT2D eigenvalue weighted by molar-refractivity contribution is 6.28. The lowest BCUT2D eigenvalue weighted by Crippen LogP contribution is -1.99. The SMILES string of the molecule is Cc1ccc(-n2nnnc2Cl)c(C)c1. The second kappa shape index (κ2) is 3.38. The molecule has 1 aromatic heterocycles. The number of halogens is 1. The highest BCUT2D eigenvalue weighted by atomic mass is 35.5. The molecule has 4 nitrogen and oxygen atoms in total. The summed E-state index contributed by atoms with van der Waals surface area (Å²) in [5.41, 5.74) is 3.21. The summed E-state index contributed by atoms with van der Waals surface area (Å²) in [6.07, 6.45) is 0. The summed E-state index contributed by atoms with van der Waals surface area (Å²) in [5.74, 6) is 0. The van der Waals surface area contributed by atoms with Gasteiger partial charge in [0.15, 0.2) is 0 Å². The van der Waals surface area contributed by atoms with Crippen molar-refractivity contribution in [2.24, 2.45) is 0 Å². The molecule has 0 bridgehead atoms. The third-order valence-electron chi connectivity index (χ3n) is 2.01. The van der Waals surface area contributed by atoms with Gasteiger partial charge in [-0.05, 0) is 47.5 Å². The highest BCUT2D eigenvalue weighted by Crippen LogP contribution is 2.17. The Bertz CT molecular complexity index is 464. The molecular formula is C9H9ClN4. The van der Waals surface area contributed by atoms with E-state index in [2.05, 4.69) is 21.6 Å². The smallest absolute Gasteiger partial charge is 0.183 e. The zero-order chi connectivity index (χ0) is 10.1. The number of aromatic nitrogens is 4. The van der Waals surface area contributed by atoms with Crippen molar-refractivity contribution in [1.82, 2.24) is 20.2 Å². The van der Waals surface area contributed by atoms with Crippen LogP contribution in [0.4, 0.5) is 0 Å². The molecule has 1 heterocycles. The Morgan fingerprint density at radius 1 is 1.29 bits per heavy atom. The second-order valence-corrected chi connectivity index (χ2v) is 3.49.